The van der Waals surface area contributed by atoms with Crippen molar-refractivity contribution in [3.8, 4) is 0 Å². The minimum atomic E-state index is -0.617. The second kappa shape index (κ2) is 4.79. The highest BCUT2D eigenvalue weighted by molar-refractivity contribution is 14.1. The molecule has 1 aliphatic heterocycles. The molecular weight excluding hydrogens is 293 g/mol. The van der Waals surface area contributed by atoms with E-state index in [-0.39, 0.29) is 12.5 Å². The summed E-state index contributed by atoms with van der Waals surface area (Å²) >= 11 is 2.39. The molecule has 0 aliphatic carbocycles. The van der Waals surface area contributed by atoms with Gasteiger partial charge in [-0.05, 0) is 26.7 Å². The first-order valence-corrected chi connectivity index (χ1v) is 6.26. The summed E-state index contributed by atoms with van der Waals surface area (Å²) in [5, 5.41) is 9.11. The fourth-order valence-electron chi connectivity index (χ4n) is 1.61. The summed E-state index contributed by atoms with van der Waals surface area (Å²) in [6.45, 7) is 5.21. The summed E-state index contributed by atoms with van der Waals surface area (Å²) in [5.41, 5.74) is -0.617. The van der Waals surface area contributed by atoms with E-state index >= 15 is 0 Å². The van der Waals surface area contributed by atoms with Gasteiger partial charge in [0.15, 0.2) is 0 Å². The number of rotatable bonds is 2. The fraction of sp³-hybridized carbons (Fsp3) is 0.900. The summed E-state index contributed by atoms with van der Waals surface area (Å²) in [7, 11) is 0. The largest absolute Gasteiger partial charge is 0.395 e. The molecule has 1 rings (SSSR count). The topological polar surface area (TPSA) is 40.5 Å². The molecule has 0 unspecified atom stereocenters. The first kappa shape index (κ1) is 12.2. The molecule has 3 nitrogen and oxygen atoms in total. The third kappa shape index (κ3) is 2.82. The van der Waals surface area contributed by atoms with E-state index in [1.54, 1.807) is 13.8 Å². The number of piperidine rings is 1. The van der Waals surface area contributed by atoms with Gasteiger partial charge in [0, 0.05) is 17.0 Å². The molecule has 1 aliphatic rings. The molecule has 0 aromatic heterocycles. The number of likely N-dealkylation sites (tertiary alicyclic amines) is 1. The van der Waals surface area contributed by atoms with E-state index in [9.17, 15) is 4.79 Å². The van der Waals surface area contributed by atoms with Gasteiger partial charge < -0.3 is 10.0 Å². The number of amides is 1. The van der Waals surface area contributed by atoms with Crippen molar-refractivity contribution in [1.82, 2.24) is 4.90 Å². The number of aliphatic hydroxyl groups excluding tert-OH is 1. The Morgan fingerprint density at radius 1 is 1.64 bits per heavy atom. The molecule has 1 heterocycles. The maximum atomic E-state index is 12.0. The Bertz CT molecular complexity index is 218. The van der Waals surface area contributed by atoms with Crippen LogP contribution in [0.5, 0.6) is 0 Å². The highest BCUT2D eigenvalue weighted by Crippen LogP contribution is 2.23. The third-order valence-corrected chi connectivity index (χ3v) is 3.64. The van der Waals surface area contributed by atoms with Crippen molar-refractivity contribution in [3.63, 3.8) is 0 Å². The van der Waals surface area contributed by atoms with Crippen molar-refractivity contribution in [2.45, 2.75) is 30.6 Å². The summed E-state index contributed by atoms with van der Waals surface area (Å²) < 4.78 is 0.569. The summed E-state index contributed by atoms with van der Waals surface area (Å²) in [5.74, 6) is 0.0846. The molecule has 4 heteroatoms. The van der Waals surface area contributed by atoms with Crippen LogP contribution in [0.25, 0.3) is 0 Å². The Kier molecular flexibility index (Phi) is 4.18. The number of alkyl halides is 1. The van der Waals surface area contributed by atoms with Crippen molar-refractivity contribution in [1.29, 1.82) is 0 Å². The maximum Gasteiger partial charge on any atom is 0.230 e. The Morgan fingerprint density at radius 2 is 2.29 bits per heavy atom. The van der Waals surface area contributed by atoms with E-state index < -0.39 is 5.41 Å². The lowest BCUT2D eigenvalue weighted by atomic mass is 9.92. The number of halogens is 1. The fourth-order valence-corrected chi connectivity index (χ4v) is 2.52. The second-order valence-electron chi connectivity index (χ2n) is 4.53. The zero-order valence-electron chi connectivity index (χ0n) is 8.79. The standard InChI is InChI=1S/C10H18INO2/c1-10(2,7-13)9(14)12-5-3-4-8(11)6-12/h8,13H,3-7H2,1-2H3/t8-/m1/s1. The molecule has 14 heavy (non-hydrogen) atoms. The van der Waals surface area contributed by atoms with Crippen molar-refractivity contribution < 1.29 is 9.90 Å². The van der Waals surface area contributed by atoms with Gasteiger partial charge in [-0.1, -0.05) is 22.6 Å². The van der Waals surface area contributed by atoms with Gasteiger partial charge in [0.25, 0.3) is 0 Å². The minimum Gasteiger partial charge on any atom is -0.395 e. The number of carbonyl (C=O) groups is 1. The molecule has 0 bridgehead atoms. The van der Waals surface area contributed by atoms with Gasteiger partial charge in [-0.2, -0.15) is 0 Å². The van der Waals surface area contributed by atoms with Crippen LogP contribution < -0.4 is 0 Å². The van der Waals surface area contributed by atoms with Crippen molar-refractivity contribution in [3.05, 3.63) is 0 Å². The van der Waals surface area contributed by atoms with Gasteiger partial charge in [0.2, 0.25) is 5.91 Å². The Morgan fingerprint density at radius 3 is 2.79 bits per heavy atom. The zero-order valence-corrected chi connectivity index (χ0v) is 11.0. The second-order valence-corrected chi connectivity index (χ2v) is 6.29. The van der Waals surface area contributed by atoms with E-state index in [2.05, 4.69) is 22.6 Å². The average molecular weight is 311 g/mol. The number of nitrogens with zero attached hydrogens (tertiary/aromatic N) is 1. The number of carbonyl (C=O) groups excluding carboxylic acids is 1. The molecule has 1 saturated heterocycles. The van der Waals surface area contributed by atoms with Gasteiger partial charge in [-0.15, -0.1) is 0 Å². The third-order valence-electron chi connectivity index (χ3n) is 2.63. The van der Waals surface area contributed by atoms with Crippen LogP contribution in [-0.2, 0) is 4.79 Å². The summed E-state index contributed by atoms with van der Waals surface area (Å²) in [4.78, 5) is 13.8. The normalized spacial score (nSPS) is 23.7. The van der Waals surface area contributed by atoms with Crippen LogP contribution in [0, 0.1) is 5.41 Å². The molecule has 0 spiro atoms. The zero-order chi connectivity index (χ0) is 10.8. The van der Waals surface area contributed by atoms with Crippen LogP contribution in [0.15, 0.2) is 0 Å². The van der Waals surface area contributed by atoms with E-state index in [1.807, 2.05) is 4.90 Å². The van der Waals surface area contributed by atoms with Gasteiger partial charge in [-0.3, -0.25) is 4.79 Å². The van der Waals surface area contributed by atoms with E-state index in [4.69, 9.17) is 5.11 Å². The highest BCUT2D eigenvalue weighted by Gasteiger charge is 2.33. The smallest absolute Gasteiger partial charge is 0.230 e. The molecular formula is C10H18INO2. The lowest BCUT2D eigenvalue weighted by Crippen LogP contribution is -2.47. The SMILES string of the molecule is CC(C)(CO)C(=O)N1CCC[C@@H](I)C1. The van der Waals surface area contributed by atoms with Crippen LogP contribution >= 0.6 is 22.6 Å². The van der Waals surface area contributed by atoms with E-state index in [0.717, 1.165) is 19.5 Å². The predicted octanol–water partition coefficient (Wildman–Crippen LogP) is 1.43. The summed E-state index contributed by atoms with van der Waals surface area (Å²) in [6, 6.07) is 0. The van der Waals surface area contributed by atoms with Crippen molar-refractivity contribution >= 4 is 28.5 Å². The van der Waals surface area contributed by atoms with Gasteiger partial charge >= 0.3 is 0 Å². The number of hydrogen-bond donors (Lipinski definition) is 1. The minimum absolute atomic E-state index is 0.0752. The molecule has 0 aromatic rings. The van der Waals surface area contributed by atoms with Crippen molar-refractivity contribution in [2.75, 3.05) is 19.7 Å². The van der Waals surface area contributed by atoms with Crippen LogP contribution in [0.2, 0.25) is 0 Å². The van der Waals surface area contributed by atoms with Gasteiger partial charge in [0.05, 0.1) is 12.0 Å². The first-order chi connectivity index (χ1) is 6.47. The highest BCUT2D eigenvalue weighted by atomic mass is 127. The maximum absolute atomic E-state index is 12.0. The van der Waals surface area contributed by atoms with E-state index in [1.165, 1.54) is 6.42 Å². The molecule has 1 fully saturated rings. The molecule has 1 amide bonds. The lowest BCUT2D eigenvalue weighted by Gasteiger charge is -2.35. The summed E-state index contributed by atoms with van der Waals surface area (Å²) in [6.07, 6.45) is 2.28. The van der Waals surface area contributed by atoms with Crippen LogP contribution in [0.3, 0.4) is 0 Å². The van der Waals surface area contributed by atoms with E-state index in [0.29, 0.717) is 3.92 Å². The Labute approximate surface area is 99.0 Å². The Hall–Kier alpha value is 0.160. The van der Waals surface area contributed by atoms with Crippen LogP contribution in [-0.4, -0.2) is 39.5 Å². The molecule has 82 valence electrons. The van der Waals surface area contributed by atoms with Gasteiger partial charge in [0.1, 0.15) is 0 Å². The van der Waals surface area contributed by atoms with Gasteiger partial charge in [-0.25, -0.2) is 0 Å². The van der Waals surface area contributed by atoms with Crippen LogP contribution in [0.4, 0.5) is 0 Å². The molecule has 0 saturated carbocycles. The van der Waals surface area contributed by atoms with Crippen molar-refractivity contribution in [2.24, 2.45) is 5.41 Å². The van der Waals surface area contributed by atoms with Crippen LogP contribution in [0.1, 0.15) is 26.7 Å². The number of hydrogen-bond acceptors (Lipinski definition) is 2. The predicted molar refractivity (Wildman–Crippen MR) is 64.5 cm³/mol. The molecule has 1 atom stereocenters. The molecule has 1 N–H and O–H groups in total. The molecule has 0 aromatic carbocycles. The lowest BCUT2D eigenvalue weighted by molar-refractivity contribution is -0.143. The monoisotopic (exact) mass is 311 g/mol. The first-order valence-electron chi connectivity index (χ1n) is 5.01. The molecule has 0 radical (unpaired) electrons. The quantitative estimate of drug-likeness (QED) is 0.619. The number of aliphatic hydroxyl groups is 1. The Balaban J connectivity index is 2.60. The average Bonchev–Trinajstić information content (AvgIpc) is 2.16.